The molecule has 0 radical (unpaired) electrons. The third-order valence-corrected chi connectivity index (χ3v) is 5.19. The van der Waals surface area contributed by atoms with Crippen LogP contribution in [-0.2, 0) is 0 Å². The smallest absolute Gasteiger partial charge is 0.277 e. The van der Waals surface area contributed by atoms with Crippen molar-refractivity contribution in [3.63, 3.8) is 0 Å². The number of rotatable bonds is 4. The molecule has 1 fully saturated rings. The molecule has 1 N–H and O–H groups in total. The van der Waals surface area contributed by atoms with E-state index in [4.69, 9.17) is 0 Å². The molecule has 2 heterocycles. The topological polar surface area (TPSA) is 80.1 Å². The van der Waals surface area contributed by atoms with Crippen LogP contribution in [0.3, 0.4) is 0 Å². The van der Waals surface area contributed by atoms with Crippen molar-refractivity contribution < 1.29 is 9.59 Å². The third kappa shape index (κ3) is 4.18. The minimum atomic E-state index is -0.403. The molecule has 7 heteroatoms. The van der Waals surface area contributed by atoms with Gasteiger partial charge in [0.25, 0.3) is 11.8 Å². The van der Waals surface area contributed by atoms with Gasteiger partial charge in [0.15, 0.2) is 5.69 Å². The lowest BCUT2D eigenvalue weighted by Crippen LogP contribution is -2.38. The van der Waals surface area contributed by atoms with E-state index in [-0.39, 0.29) is 11.6 Å². The van der Waals surface area contributed by atoms with Crippen LogP contribution in [0.15, 0.2) is 60.8 Å². The number of nitrogens with zero attached hydrogens (tertiary/aromatic N) is 4. The molecule has 2 aromatic carbocycles. The largest absolute Gasteiger partial charge is 0.339 e. The SMILES string of the molecule is CC1CCN(C(=O)c2ccccc2NC(=O)c2cnn(-c3ccccc3)n2)CC1. The van der Waals surface area contributed by atoms with Gasteiger partial charge in [-0.25, -0.2) is 0 Å². The second-order valence-electron chi connectivity index (χ2n) is 7.33. The van der Waals surface area contributed by atoms with E-state index in [1.54, 1.807) is 24.3 Å². The number of anilines is 1. The fourth-order valence-electron chi connectivity index (χ4n) is 3.40. The zero-order valence-corrected chi connectivity index (χ0v) is 16.3. The van der Waals surface area contributed by atoms with Crippen LogP contribution in [0, 0.1) is 5.92 Å². The first-order chi connectivity index (χ1) is 14.1. The maximum atomic E-state index is 13.0. The van der Waals surface area contributed by atoms with Gasteiger partial charge in [-0.1, -0.05) is 37.3 Å². The molecule has 2 amide bonds. The van der Waals surface area contributed by atoms with Gasteiger partial charge in [-0.05, 0) is 43.0 Å². The average Bonchev–Trinajstić information content (AvgIpc) is 3.25. The Hall–Kier alpha value is -3.48. The number of carbonyl (C=O) groups excluding carboxylic acids is 2. The summed E-state index contributed by atoms with van der Waals surface area (Å²) < 4.78 is 0. The van der Waals surface area contributed by atoms with Gasteiger partial charge in [-0.15, -0.1) is 5.10 Å². The number of benzene rings is 2. The van der Waals surface area contributed by atoms with E-state index >= 15 is 0 Å². The molecule has 1 aliphatic rings. The van der Waals surface area contributed by atoms with E-state index in [0.29, 0.717) is 17.2 Å². The van der Waals surface area contributed by atoms with Crippen LogP contribution < -0.4 is 5.32 Å². The average molecular weight is 389 g/mol. The summed E-state index contributed by atoms with van der Waals surface area (Å²) in [6.45, 7) is 3.69. The Kier molecular flexibility index (Phi) is 5.37. The fraction of sp³-hybridized carbons (Fsp3) is 0.273. The molecule has 0 spiro atoms. The van der Waals surface area contributed by atoms with Crippen LogP contribution in [0.4, 0.5) is 5.69 Å². The summed E-state index contributed by atoms with van der Waals surface area (Å²) in [5.74, 6) is 0.182. The zero-order valence-electron chi connectivity index (χ0n) is 16.3. The first-order valence-corrected chi connectivity index (χ1v) is 9.79. The molecule has 1 saturated heterocycles. The highest BCUT2D eigenvalue weighted by molar-refractivity contribution is 6.08. The van der Waals surface area contributed by atoms with Gasteiger partial charge in [0.05, 0.1) is 23.1 Å². The third-order valence-electron chi connectivity index (χ3n) is 5.19. The van der Waals surface area contributed by atoms with Crippen LogP contribution in [0.2, 0.25) is 0 Å². The Bertz CT molecular complexity index is 1010. The summed E-state index contributed by atoms with van der Waals surface area (Å²) in [6, 6.07) is 16.5. The van der Waals surface area contributed by atoms with Crippen LogP contribution >= 0.6 is 0 Å². The number of amides is 2. The highest BCUT2D eigenvalue weighted by Gasteiger charge is 2.24. The van der Waals surface area contributed by atoms with E-state index in [0.717, 1.165) is 31.6 Å². The molecule has 1 aliphatic heterocycles. The van der Waals surface area contributed by atoms with E-state index in [1.165, 1.54) is 11.0 Å². The van der Waals surface area contributed by atoms with Gasteiger partial charge in [0.1, 0.15) is 0 Å². The molecule has 1 aromatic heterocycles. The predicted molar refractivity (Wildman–Crippen MR) is 110 cm³/mol. The molecule has 29 heavy (non-hydrogen) atoms. The van der Waals surface area contributed by atoms with E-state index in [2.05, 4.69) is 22.4 Å². The highest BCUT2D eigenvalue weighted by atomic mass is 16.2. The Morgan fingerprint density at radius 2 is 1.69 bits per heavy atom. The normalized spacial score (nSPS) is 14.6. The van der Waals surface area contributed by atoms with Crippen molar-refractivity contribution in [1.82, 2.24) is 19.9 Å². The number of piperidine rings is 1. The van der Waals surface area contributed by atoms with Crippen LogP contribution in [-0.4, -0.2) is 44.8 Å². The number of hydrogen-bond donors (Lipinski definition) is 1. The number of hydrogen-bond acceptors (Lipinski definition) is 4. The van der Waals surface area contributed by atoms with Crippen molar-refractivity contribution in [2.24, 2.45) is 5.92 Å². The molecular formula is C22H23N5O2. The maximum Gasteiger partial charge on any atom is 0.277 e. The van der Waals surface area contributed by atoms with E-state index in [1.807, 2.05) is 35.2 Å². The number of aromatic nitrogens is 3. The van der Waals surface area contributed by atoms with Gasteiger partial charge < -0.3 is 10.2 Å². The molecule has 0 saturated carbocycles. The van der Waals surface area contributed by atoms with Crippen LogP contribution in [0.5, 0.6) is 0 Å². The van der Waals surface area contributed by atoms with E-state index in [9.17, 15) is 9.59 Å². The van der Waals surface area contributed by atoms with Crippen molar-refractivity contribution in [3.05, 3.63) is 72.1 Å². The van der Waals surface area contributed by atoms with Gasteiger partial charge in [-0.3, -0.25) is 9.59 Å². The summed E-state index contributed by atoms with van der Waals surface area (Å²) in [7, 11) is 0. The van der Waals surface area contributed by atoms with Crippen LogP contribution in [0.1, 0.15) is 40.6 Å². The molecule has 7 nitrogen and oxygen atoms in total. The van der Waals surface area contributed by atoms with E-state index < -0.39 is 5.91 Å². The summed E-state index contributed by atoms with van der Waals surface area (Å²) in [6.07, 6.45) is 3.42. The number of likely N-dealkylation sites (tertiary alicyclic amines) is 1. The zero-order chi connectivity index (χ0) is 20.2. The lowest BCUT2D eigenvalue weighted by Gasteiger charge is -2.30. The van der Waals surface area contributed by atoms with Crippen molar-refractivity contribution in [2.45, 2.75) is 19.8 Å². The van der Waals surface area contributed by atoms with Gasteiger partial charge in [0.2, 0.25) is 0 Å². The Balaban J connectivity index is 1.51. The molecule has 4 rings (SSSR count). The summed E-state index contributed by atoms with van der Waals surface area (Å²) in [4.78, 5) is 28.9. The van der Waals surface area contributed by atoms with Gasteiger partial charge in [0, 0.05) is 13.1 Å². The molecule has 0 atom stereocenters. The number of nitrogens with one attached hydrogen (secondary N) is 1. The summed E-state index contributed by atoms with van der Waals surface area (Å²) in [5.41, 5.74) is 1.92. The molecular weight excluding hydrogens is 366 g/mol. The lowest BCUT2D eigenvalue weighted by atomic mass is 9.98. The van der Waals surface area contributed by atoms with Crippen molar-refractivity contribution in [2.75, 3.05) is 18.4 Å². The Morgan fingerprint density at radius 1 is 1.00 bits per heavy atom. The minimum absolute atomic E-state index is 0.0549. The molecule has 0 bridgehead atoms. The van der Waals surface area contributed by atoms with Crippen LogP contribution in [0.25, 0.3) is 5.69 Å². The number of para-hydroxylation sites is 2. The van der Waals surface area contributed by atoms with Gasteiger partial charge >= 0.3 is 0 Å². The Labute approximate surface area is 169 Å². The second kappa shape index (κ2) is 8.26. The quantitative estimate of drug-likeness (QED) is 0.742. The summed E-state index contributed by atoms with van der Waals surface area (Å²) >= 11 is 0. The monoisotopic (exact) mass is 389 g/mol. The first-order valence-electron chi connectivity index (χ1n) is 9.79. The minimum Gasteiger partial charge on any atom is -0.339 e. The predicted octanol–water partition coefficient (Wildman–Crippen LogP) is 3.39. The van der Waals surface area contributed by atoms with Crippen molar-refractivity contribution in [3.8, 4) is 5.69 Å². The first kappa shape index (κ1) is 18.9. The van der Waals surface area contributed by atoms with Gasteiger partial charge in [-0.2, -0.15) is 9.90 Å². The van der Waals surface area contributed by atoms with Crippen molar-refractivity contribution in [1.29, 1.82) is 0 Å². The summed E-state index contributed by atoms with van der Waals surface area (Å²) in [5, 5.41) is 11.2. The highest BCUT2D eigenvalue weighted by Crippen LogP contribution is 2.22. The second-order valence-corrected chi connectivity index (χ2v) is 7.33. The standard InChI is InChI=1S/C22H23N5O2/c1-16-11-13-26(14-12-16)22(29)18-9-5-6-10-19(18)24-21(28)20-15-23-27(25-20)17-7-3-2-4-8-17/h2-10,15-16H,11-14H2,1H3,(H,24,28). The Morgan fingerprint density at radius 3 is 2.45 bits per heavy atom. The molecule has 3 aromatic rings. The lowest BCUT2D eigenvalue weighted by molar-refractivity contribution is 0.0698. The molecule has 0 unspecified atom stereocenters. The number of carbonyl (C=O) groups is 2. The molecule has 148 valence electrons. The molecule has 0 aliphatic carbocycles. The van der Waals surface area contributed by atoms with Crippen molar-refractivity contribution >= 4 is 17.5 Å². The maximum absolute atomic E-state index is 13.0. The fourth-order valence-corrected chi connectivity index (χ4v) is 3.40.